The van der Waals surface area contributed by atoms with E-state index in [4.69, 9.17) is 18.7 Å². The Kier molecular flexibility index (Phi) is 8.85. The highest BCUT2D eigenvalue weighted by atomic mass is 31.2. The van der Waals surface area contributed by atoms with Crippen molar-refractivity contribution in [2.75, 3.05) is 13.2 Å². The largest absolute Gasteiger partial charge is 0.396 e. The minimum atomic E-state index is -1.41. The Morgan fingerprint density at radius 3 is 1.70 bits per heavy atom. The van der Waals surface area contributed by atoms with Gasteiger partial charge in [0.2, 0.25) is 0 Å². The van der Waals surface area contributed by atoms with Crippen molar-refractivity contribution in [3.05, 3.63) is 71.8 Å². The molecular formula is C18H23O4P. The maximum Gasteiger partial charge on any atom is 0.333 e. The Bertz CT molecular complexity index is 478. The third-order valence-electron chi connectivity index (χ3n) is 3.11. The van der Waals surface area contributed by atoms with Gasteiger partial charge in [0.25, 0.3) is 0 Å². The average molecular weight is 334 g/mol. The first-order valence-corrected chi connectivity index (χ1v) is 8.85. The van der Waals surface area contributed by atoms with Crippen LogP contribution < -0.4 is 0 Å². The summed E-state index contributed by atoms with van der Waals surface area (Å²) in [4.78, 5) is 0. The van der Waals surface area contributed by atoms with E-state index in [2.05, 4.69) is 0 Å². The first kappa shape index (κ1) is 18.1. The first-order chi connectivity index (χ1) is 11.4. The fourth-order valence-corrected chi connectivity index (χ4v) is 2.88. The van der Waals surface area contributed by atoms with Crippen LogP contribution in [-0.2, 0) is 26.8 Å². The molecule has 0 aliphatic rings. The number of aliphatic hydroxyl groups excluding tert-OH is 1. The van der Waals surface area contributed by atoms with Crippen LogP contribution in [0.5, 0.6) is 0 Å². The van der Waals surface area contributed by atoms with Gasteiger partial charge in [-0.05, 0) is 24.0 Å². The van der Waals surface area contributed by atoms with Gasteiger partial charge in [-0.1, -0.05) is 60.7 Å². The Labute approximate surface area is 139 Å². The van der Waals surface area contributed by atoms with Crippen molar-refractivity contribution in [3.8, 4) is 0 Å². The molecule has 23 heavy (non-hydrogen) atoms. The Hall–Kier alpha value is -1.29. The van der Waals surface area contributed by atoms with E-state index in [1.807, 2.05) is 60.7 Å². The average Bonchev–Trinajstić information content (AvgIpc) is 2.62. The molecule has 0 fully saturated rings. The van der Waals surface area contributed by atoms with E-state index in [9.17, 15) is 0 Å². The Morgan fingerprint density at radius 2 is 1.22 bits per heavy atom. The van der Waals surface area contributed by atoms with Crippen LogP contribution in [0.2, 0.25) is 0 Å². The maximum atomic E-state index is 8.82. The van der Waals surface area contributed by atoms with Crippen LogP contribution >= 0.6 is 8.60 Å². The van der Waals surface area contributed by atoms with Gasteiger partial charge in [0.1, 0.15) is 0 Å². The predicted octanol–water partition coefficient (Wildman–Crippen LogP) is 4.44. The maximum absolute atomic E-state index is 8.82. The summed E-state index contributed by atoms with van der Waals surface area (Å²) < 4.78 is 17.3. The van der Waals surface area contributed by atoms with Gasteiger partial charge in [-0.25, -0.2) is 0 Å². The summed E-state index contributed by atoms with van der Waals surface area (Å²) in [7, 11) is -1.41. The lowest BCUT2D eigenvalue weighted by molar-refractivity contribution is 0.145. The minimum absolute atomic E-state index is 0.178. The van der Waals surface area contributed by atoms with Crippen LogP contribution in [0.4, 0.5) is 0 Å². The Balaban J connectivity index is 1.80. The molecule has 124 valence electrons. The molecule has 0 aliphatic carbocycles. The molecule has 0 saturated carbocycles. The molecule has 2 aromatic carbocycles. The highest BCUT2D eigenvalue weighted by Crippen LogP contribution is 2.41. The number of unbranched alkanes of at least 4 members (excludes halogenated alkanes) is 1. The molecule has 2 rings (SSSR count). The van der Waals surface area contributed by atoms with E-state index >= 15 is 0 Å². The number of hydrogen-bond donors (Lipinski definition) is 1. The van der Waals surface area contributed by atoms with Gasteiger partial charge in [0.15, 0.2) is 0 Å². The number of rotatable bonds is 11. The normalized spacial score (nSPS) is 11.0. The van der Waals surface area contributed by atoms with Crippen LogP contribution in [0.25, 0.3) is 0 Å². The second-order valence-electron chi connectivity index (χ2n) is 5.01. The monoisotopic (exact) mass is 334 g/mol. The molecule has 5 heteroatoms. The van der Waals surface area contributed by atoms with Gasteiger partial charge < -0.3 is 18.7 Å². The van der Waals surface area contributed by atoms with Crippen molar-refractivity contribution in [3.63, 3.8) is 0 Å². The molecule has 4 nitrogen and oxygen atoms in total. The second-order valence-corrected chi connectivity index (χ2v) is 6.23. The van der Waals surface area contributed by atoms with E-state index < -0.39 is 8.60 Å². The zero-order valence-corrected chi connectivity index (χ0v) is 14.0. The molecule has 0 aromatic heterocycles. The summed E-state index contributed by atoms with van der Waals surface area (Å²) in [6.07, 6.45) is 1.51. The van der Waals surface area contributed by atoms with Crippen LogP contribution in [0.1, 0.15) is 24.0 Å². The molecule has 0 heterocycles. The van der Waals surface area contributed by atoms with Gasteiger partial charge in [-0.15, -0.1) is 0 Å². The summed E-state index contributed by atoms with van der Waals surface area (Å²) >= 11 is 0. The van der Waals surface area contributed by atoms with E-state index in [0.29, 0.717) is 19.8 Å². The molecular weight excluding hydrogens is 311 g/mol. The minimum Gasteiger partial charge on any atom is -0.396 e. The highest BCUT2D eigenvalue weighted by molar-refractivity contribution is 7.41. The molecule has 0 radical (unpaired) electrons. The SMILES string of the molecule is OCCCCOP(OCc1ccccc1)OCc1ccccc1. The molecule has 0 spiro atoms. The predicted molar refractivity (Wildman–Crippen MR) is 91.7 cm³/mol. The van der Waals surface area contributed by atoms with Crippen molar-refractivity contribution in [2.45, 2.75) is 26.1 Å². The second kappa shape index (κ2) is 11.3. The molecule has 0 bridgehead atoms. The molecule has 1 N–H and O–H groups in total. The molecule has 0 amide bonds. The van der Waals surface area contributed by atoms with E-state index in [1.165, 1.54) is 0 Å². The van der Waals surface area contributed by atoms with Gasteiger partial charge in [0.05, 0.1) is 19.8 Å². The first-order valence-electron chi connectivity index (χ1n) is 7.76. The smallest absolute Gasteiger partial charge is 0.333 e. The lowest BCUT2D eigenvalue weighted by Crippen LogP contribution is -1.99. The van der Waals surface area contributed by atoms with Crippen molar-refractivity contribution in [1.82, 2.24) is 0 Å². The summed E-state index contributed by atoms with van der Waals surface area (Å²) in [6.45, 7) is 1.62. The summed E-state index contributed by atoms with van der Waals surface area (Å²) in [5.41, 5.74) is 2.17. The Morgan fingerprint density at radius 1 is 0.696 bits per heavy atom. The van der Waals surface area contributed by atoms with E-state index in [-0.39, 0.29) is 6.61 Å². The number of benzene rings is 2. The van der Waals surface area contributed by atoms with Gasteiger partial charge in [-0.3, -0.25) is 0 Å². The van der Waals surface area contributed by atoms with Crippen LogP contribution in [0.3, 0.4) is 0 Å². The van der Waals surface area contributed by atoms with Crippen molar-refractivity contribution < 1.29 is 18.7 Å². The van der Waals surface area contributed by atoms with Gasteiger partial charge >= 0.3 is 8.60 Å². The van der Waals surface area contributed by atoms with E-state index in [0.717, 1.165) is 24.0 Å². The lowest BCUT2D eigenvalue weighted by atomic mass is 10.2. The van der Waals surface area contributed by atoms with Crippen molar-refractivity contribution in [1.29, 1.82) is 0 Å². The van der Waals surface area contributed by atoms with Crippen LogP contribution in [0.15, 0.2) is 60.7 Å². The zero-order valence-electron chi connectivity index (χ0n) is 13.1. The molecule has 2 aromatic rings. The molecule has 0 atom stereocenters. The summed E-state index contributed by atoms with van der Waals surface area (Å²) in [6, 6.07) is 19.9. The third-order valence-corrected chi connectivity index (χ3v) is 4.18. The fraction of sp³-hybridized carbons (Fsp3) is 0.333. The summed E-state index contributed by atoms with van der Waals surface area (Å²) in [5, 5.41) is 8.82. The lowest BCUT2D eigenvalue weighted by Gasteiger charge is -2.17. The fourth-order valence-electron chi connectivity index (χ4n) is 1.87. The van der Waals surface area contributed by atoms with Crippen LogP contribution in [0, 0.1) is 0 Å². The quantitative estimate of drug-likeness (QED) is 0.488. The molecule has 0 unspecified atom stereocenters. The van der Waals surface area contributed by atoms with Gasteiger partial charge in [0, 0.05) is 6.61 Å². The standard InChI is InChI=1S/C18H23O4P/c19-13-7-8-14-20-23(21-15-17-9-3-1-4-10-17)22-16-18-11-5-2-6-12-18/h1-6,9-12,19H,7-8,13-16H2. The van der Waals surface area contributed by atoms with Crippen LogP contribution in [-0.4, -0.2) is 18.3 Å². The molecule has 0 saturated heterocycles. The molecule has 0 aliphatic heterocycles. The summed E-state index contributed by atoms with van der Waals surface area (Å²) in [5.74, 6) is 0. The number of aliphatic hydroxyl groups is 1. The van der Waals surface area contributed by atoms with E-state index in [1.54, 1.807) is 0 Å². The zero-order chi connectivity index (χ0) is 16.2. The van der Waals surface area contributed by atoms with Crippen molar-refractivity contribution in [2.24, 2.45) is 0 Å². The van der Waals surface area contributed by atoms with Gasteiger partial charge in [-0.2, -0.15) is 0 Å². The highest BCUT2D eigenvalue weighted by Gasteiger charge is 2.13. The van der Waals surface area contributed by atoms with Crippen molar-refractivity contribution >= 4 is 8.60 Å². The number of hydrogen-bond acceptors (Lipinski definition) is 4. The topological polar surface area (TPSA) is 47.9 Å². The third kappa shape index (κ3) is 7.69.